The van der Waals surface area contributed by atoms with Crippen LogP contribution in [0.4, 0.5) is 0 Å². The maximum absolute atomic E-state index is 5.91. The first kappa shape index (κ1) is 14.5. The molecule has 3 N–H and O–H groups in total. The number of hydrogen-bond donors (Lipinski definition) is 2. The Morgan fingerprint density at radius 2 is 2.32 bits per heavy atom. The maximum atomic E-state index is 5.91. The Kier molecular flexibility index (Phi) is 5.79. The summed E-state index contributed by atoms with van der Waals surface area (Å²) in [5.41, 5.74) is 8.33. The van der Waals surface area contributed by atoms with E-state index in [1.54, 1.807) is 7.11 Å². The summed E-state index contributed by atoms with van der Waals surface area (Å²) in [4.78, 5) is 0. The molecule has 1 aliphatic heterocycles. The Labute approximate surface area is 115 Å². The second-order valence-electron chi connectivity index (χ2n) is 4.96. The molecule has 0 aliphatic carbocycles. The molecule has 2 atom stereocenters. The summed E-state index contributed by atoms with van der Waals surface area (Å²) in [5, 5.41) is 3.52. The van der Waals surface area contributed by atoms with E-state index in [-0.39, 0.29) is 6.04 Å². The maximum Gasteiger partial charge on any atom is 0.0716 e. The third-order valence-corrected chi connectivity index (χ3v) is 3.58. The highest BCUT2D eigenvalue weighted by Gasteiger charge is 2.18. The van der Waals surface area contributed by atoms with Gasteiger partial charge in [0.25, 0.3) is 0 Å². The Morgan fingerprint density at radius 3 is 3.00 bits per heavy atom. The van der Waals surface area contributed by atoms with Gasteiger partial charge < -0.3 is 20.5 Å². The van der Waals surface area contributed by atoms with Crippen molar-refractivity contribution in [2.75, 3.05) is 26.8 Å². The molecule has 1 aromatic rings. The summed E-state index contributed by atoms with van der Waals surface area (Å²) >= 11 is 0. The highest BCUT2D eigenvalue weighted by molar-refractivity contribution is 5.29. The molecular weight excluding hydrogens is 240 g/mol. The number of hydrogen-bond acceptors (Lipinski definition) is 4. The van der Waals surface area contributed by atoms with Crippen molar-refractivity contribution in [3.8, 4) is 0 Å². The van der Waals surface area contributed by atoms with Crippen LogP contribution in [0.5, 0.6) is 0 Å². The second kappa shape index (κ2) is 7.60. The minimum atomic E-state index is 0.163. The minimum Gasteiger partial charge on any atom is -0.380 e. The predicted molar refractivity (Wildman–Crippen MR) is 75.9 cm³/mol. The van der Waals surface area contributed by atoms with Crippen LogP contribution in [0.1, 0.15) is 30.0 Å². The van der Waals surface area contributed by atoms with E-state index in [1.165, 1.54) is 17.5 Å². The van der Waals surface area contributed by atoms with E-state index in [4.69, 9.17) is 15.2 Å². The largest absolute Gasteiger partial charge is 0.380 e. The first-order valence-electron chi connectivity index (χ1n) is 6.97. The van der Waals surface area contributed by atoms with E-state index in [0.29, 0.717) is 19.3 Å². The molecule has 0 saturated carbocycles. The fourth-order valence-corrected chi connectivity index (χ4v) is 2.56. The number of benzene rings is 1. The smallest absolute Gasteiger partial charge is 0.0716 e. The fourth-order valence-electron chi connectivity index (χ4n) is 2.56. The van der Waals surface area contributed by atoms with E-state index in [0.717, 1.165) is 19.6 Å². The van der Waals surface area contributed by atoms with Gasteiger partial charge in [0.05, 0.1) is 12.7 Å². The summed E-state index contributed by atoms with van der Waals surface area (Å²) in [6.07, 6.45) is 2.65. The quantitative estimate of drug-likeness (QED) is 0.785. The van der Waals surface area contributed by atoms with Gasteiger partial charge in [0.15, 0.2) is 0 Å². The molecule has 4 nitrogen and oxygen atoms in total. The lowest BCUT2D eigenvalue weighted by molar-refractivity contribution is 0.107. The highest BCUT2D eigenvalue weighted by Crippen LogP contribution is 2.19. The van der Waals surface area contributed by atoms with Crippen LogP contribution in [0.15, 0.2) is 24.3 Å². The minimum absolute atomic E-state index is 0.163. The first-order chi connectivity index (χ1) is 9.35. The van der Waals surface area contributed by atoms with Gasteiger partial charge in [0, 0.05) is 32.8 Å². The summed E-state index contributed by atoms with van der Waals surface area (Å²) in [7, 11) is 1.72. The van der Waals surface area contributed by atoms with E-state index in [9.17, 15) is 0 Å². The Bertz CT molecular complexity index is 378. The number of ether oxygens (including phenoxy) is 2. The number of methoxy groups -OCH3 is 1. The van der Waals surface area contributed by atoms with Gasteiger partial charge in [-0.25, -0.2) is 0 Å². The van der Waals surface area contributed by atoms with Crippen molar-refractivity contribution < 1.29 is 9.47 Å². The topological polar surface area (TPSA) is 56.5 Å². The Morgan fingerprint density at radius 1 is 1.47 bits per heavy atom. The van der Waals surface area contributed by atoms with Crippen molar-refractivity contribution in [3.63, 3.8) is 0 Å². The number of nitrogens with one attached hydrogen (secondary N) is 1. The average molecular weight is 264 g/mol. The van der Waals surface area contributed by atoms with Crippen LogP contribution in [0.3, 0.4) is 0 Å². The monoisotopic (exact) mass is 264 g/mol. The molecule has 2 unspecified atom stereocenters. The molecule has 0 spiro atoms. The van der Waals surface area contributed by atoms with Gasteiger partial charge in [-0.2, -0.15) is 0 Å². The molecule has 19 heavy (non-hydrogen) atoms. The molecule has 1 fully saturated rings. The molecule has 1 aromatic carbocycles. The van der Waals surface area contributed by atoms with E-state index in [2.05, 4.69) is 17.4 Å². The van der Waals surface area contributed by atoms with Crippen molar-refractivity contribution in [2.45, 2.75) is 31.6 Å². The predicted octanol–water partition coefficient (Wildman–Crippen LogP) is 1.60. The van der Waals surface area contributed by atoms with Gasteiger partial charge in [0.2, 0.25) is 0 Å². The van der Waals surface area contributed by atoms with Gasteiger partial charge in [-0.1, -0.05) is 24.3 Å². The van der Waals surface area contributed by atoms with Gasteiger partial charge in [-0.05, 0) is 24.0 Å². The molecule has 4 heteroatoms. The molecule has 0 aromatic heterocycles. The molecule has 1 heterocycles. The first-order valence-corrected chi connectivity index (χ1v) is 6.97. The van der Waals surface area contributed by atoms with Crippen molar-refractivity contribution in [3.05, 3.63) is 35.4 Å². The van der Waals surface area contributed by atoms with E-state index in [1.807, 2.05) is 12.1 Å². The van der Waals surface area contributed by atoms with Crippen LogP contribution in [0.25, 0.3) is 0 Å². The zero-order chi connectivity index (χ0) is 13.5. The fraction of sp³-hybridized carbons (Fsp3) is 0.600. The van der Waals surface area contributed by atoms with Crippen molar-refractivity contribution in [1.82, 2.24) is 5.32 Å². The molecule has 2 rings (SSSR count). The molecule has 1 aliphatic rings. The Balaban J connectivity index is 1.99. The lowest BCUT2D eigenvalue weighted by Gasteiger charge is -2.22. The molecule has 0 bridgehead atoms. The van der Waals surface area contributed by atoms with Gasteiger partial charge >= 0.3 is 0 Å². The number of nitrogens with two attached hydrogens (primary N) is 1. The SMILES string of the molecule is COCc1ccccc1C(CN)NCC1CCCO1. The number of rotatable bonds is 7. The van der Waals surface area contributed by atoms with Gasteiger partial charge in [-0.15, -0.1) is 0 Å². The van der Waals surface area contributed by atoms with Crippen LogP contribution in [-0.2, 0) is 16.1 Å². The van der Waals surface area contributed by atoms with Crippen LogP contribution < -0.4 is 11.1 Å². The van der Waals surface area contributed by atoms with Crippen molar-refractivity contribution in [1.29, 1.82) is 0 Å². The van der Waals surface area contributed by atoms with Crippen LogP contribution in [0, 0.1) is 0 Å². The summed E-state index contributed by atoms with van der Waals surface area (Å²) in [5.74, 6) is 0. The summed E-state index contributed by atoms with van der Waals surface area (Å²) in [6.45, 7) is 2.95. The van der Waals surface area contributed by atoms with Crippen molar-refractivity contribution >= 4 is 0 Å². The van der Waals surface area contributed by atoms with E-state index < -0.39 is 0 Å². The zero-order valence-corrected chi connectivity index (χ0v) is 11.6. The van der Waals surface area contributed by atoms with Crippen LogP contribution in [0.2, 0.25) is 0 Å². The van der Waals surface area contributed by atoms with Gasteiger partial charge in [0.1, 0.15) is 0 Å². The van der Waals surface area contributed by atoms with Gasteiger partial charge in [-0.3, -0.25) is 0 Å². The molecule has 0 radical (unpaired) electrons. The lowest BCUT2D eigenvalue weighted by Crippen LogP contribution is -2.34. The van der Waals surface area contributed by atoms with Crippen LogP contribution in [-0.4, -0.2) is 32.9 Å². The van der Waals surface area contributed by atoms with Crippen LogP contribution >= 0.6 is 0 Å². The summed E-state index contributed by atoms with van der Waals surface area (Å²) in [6, 6.07) is 8.45. The molecule has 0 amide bonds. The third kappa shape index (κ3) is 4.01. The standard InChI is InChI=1S/C15H24N2O2/c1-18-11-12-5-2-3-7-14(12)15(9-16)17-10-13-6-4-8-19-13/h2-3,5,7,13,15,17H,4,6,8-11,16H2,1H3. The molecule has 1 saturated heterocycles. The second-order valence-corrected chi connectivity index (χ2v) is 4.96. The zero-order valence-electron chi connectivity index (χ0n) is 11.6. The molecular formula is C15H24N2O2. The third-order valence-electron chi connectivity index (χ3n) is 3.58. The lowest BCUT2D eigenvalue weighted by atomic mass is 10.0. The van der Waals surface area contributed by atoms with E-state index >= 15 is 0 Å². The average Bonchev–Trinajstić information content (AvgIpc) is 2.95. The van der Waals surface area contributed by atoms with Crippen molar-refractivity contribution in [2.24, 2.45) is 5.73 Å². The summed E-state index contributed by atoms with van der Waals surface area (Å²) < 4.78 is 10.9. The normalized spacial score (nSPS) is 20.6. The molecule has 106 valence electrons. The highest BCUT2D eigenvalue weighted by atomic mass is 16.5. The Hall–Kier alpha value is -0.940.